The topological polar surface area (TPSA) is 71.3 Å². The minimum absolute atomic E-state index is 0.127. The normalized spacial score (nSPS) is 18.2. The molecule has 6 heteroatoms. The molecule has 126 valence electrons. The van der Waals surface area contributed by atoms with E-state index in [0.717, 1.165) is 44.6 Å². The summed E-state index contributed by atoms with van der Waals surface area (Å²) in [5.74, 6) is 1.36. The van der Waals surface area contributed by atoms with E-state index >= 15 is 0 Å². The van der Waals surface area contributed by atoms with Crippen molar-refractivity contribution in [3.05, 3.63) is 41.7 Å². The van der Waals surface area contributed by atoms with Gasteiger partial charge in [-0.1, -0.05) is 0 Å². The average molecular weight is 326 g/mol. The van der Waals surface area contributed by atoms with Crippen molar-refractivity contribution in [2.45, 2.75) is 44.6 Å². The van der Waals surface area contributed by atoms with E-state index in [4.69, 9.17) is 4.42 Å². The number of hydrogen-bond acceptors (Lipinski definition) is 5. The number of amides is 1. The molecule has 3 heterocycles. The molecular formula is C18H22N4O2. The second-order valence-electron chi connectivity index (χ2n) is 6.54. The smallest absolute Gasteiger partial charge is 0.287 e. The molecule has 1 N–H and O–H groups in total. The Bertz CT molecular complexity index is 706. The number of aromatic nitrogens is 2. The fourth-order valence-corrected chi connectivity index (χ4v) is 3.68. The number of aryl methyl sites for hydroxylation is 1. The van der Waals surface area contributed by atoms with Crippen molar-refractivity contribution in [1.29, 1.82) is 0 Å². The van der Waals surface area contributed by atoms with E-state index in [1.54, 1.807) is 18.5 Å². The molecule has 6 nitrogen and oxygen atoms in total. The second-order valence-corrected chi connectivity index (χ2v) is 6.54. The van der Waals surface area contributed by atoms with Gasteiger partial charge in [-0.25, -0.2) is 9.97 Å². The number of anilines is 1. The Kier molecular flexibility index (Phi) is 4.19. The fourth-order valence-electron chi connectivity index (χ4n) is 3.68. The summed E-state index contributed by atoms with van der Waals surface area (Å²) in [6, 6.07) is 3.62. The molecule has 4 rings (SSSR count). The molecule has 0 bridgehead atoms. The summed E-state index contributed by atoms with van der Waals surface area (Å²) < 4.78 is 5.15. The van der Waals surface area contributed by atoms with E-state index in [1.807, 2.05) is 0 Å². The highest BCUT2D eigenvalue weighted by Gasteiger charge is 2.25. The highest BCUT2D eigenvalue weighted by Crippen LogP contribution is 2.28. The van der Waals surface area contributed by atoms with E-state index in [9.17, 15) is 4.79 Å². The Morgan fingerprint density at radius 3 is 2.83 bits per heavy atom. The Morgan fingerprint density at radius 1 is 1.21 bits per heavy atom. The molecule has 1 aliphatic carbocycles. The van der Waals surface area contributed by atoms with Crippen LogP contribution >= 0.6 is 0 Å². The number of rotatable bonds is 3. The summed E-state index contributed by atoms with van der Waals surface area (Å²) >= 11 is 0. The minimum atomic E-state index is -0.127. The van der Waals surface area contributed by atoms with Gasteiger partial charge in [0.05, 0.1) is 6.26 Å². The number of piperidine rings is 1. The third kappa shape index (κ3) is 3.00. The Morgan fingerprint density at radius 2 is 2.04 bits per heavy atom. The number of nitrogens with one attached hydrogen (secondary N) is 1. The third-order valence-electron chi connectivity index (χ3n) is 4.98. The molecule has 2 aromatic rings. The van der Waals surface area contributed by atoms with Crippen molar-refractivity contribution in [2.24, 2.45) is 0 Å². The highest BCUT2D eigenvalue weighted by atomic mass is 16.3. The van der Waals surface area contributed by atoms with E-state index in [1.165, 1.54) is 30.4 Å². The Labute approximate surface area is 141 Å². The summed E-state index contributed by atoms with van der Waals surface area (Å²) in [6.45, 7) is 1.82. The van der Waals surface area contributed by atoms with Crippen molar-refractivity contribution < 1.29 is 9.21 Å². The van der Waals surface area contributed by atoms with Gasteiger partial charge in [0.15, 0.2) is 5.76 Å². The monoisotopic (exact) mass is 326 g/mol. The van der Waals surface area contributed by atoms with Crippen LogP contribution in [0, 0.1) is 0 Å². The molecule has 2 aromatic heterocycles. The first-order valence-electron chi connectivity index (χ1n) is 8.73. The average Bonchev–Trinajstić information content (AvgIpc) is 3.17. The zero-order chi connectivity index (χ0) is 16.4. The van der Waals surface area contributed by atoms with Crippen molar-refractivity contribution in [2.75, 3.05) is 18.0 Å². The van der Waals surface area contributed by atoms with Crippen molar-refractivity contribution in [3.63, 3.8) is 0 Å². The van der Waals surface area contributed by atoms with Crippen LogP contribution in [-0.4, -0.2) is 35.0 Å². The molecular weight excluding hydrogens is 304 g/mol. The predicted molar refractivity (Wildman–Crippen MR) is 90.1 cm³/mol. The minimum Gasteiger partial charge on any atom is -0.459 e. The Balaban J connectivity index is 1.39. The van der Waals surface area contributed by atoms with Gasteiger partial charge in [-0.2, -0.15) is 0 Å². The molecule has 0 unspecified atom stereocenters. The van der Waals surface area contributed by atoms with Crippen LogP contribution in [-0.2, 0) is 12.8 Å². The molecule has 1 amide bonds. The molecule has 1 fully saturated rings. The first kappa shape index (κ1) is 15.2. The molecule has 0 spiro atoms. The van der Waals surface area contributed by atoms with Gasteiger partial charge in [-0.05, 0) is 50.7 Å². The van der Waals surface area contributed by atoms with Gasteiger partial charge in [0, 0.05) is 30.4 Å². The maximum atomic E-state index is 12.1. The third-order valence-corrected chi connectivity index (χ3v) is 4.98. The lowest BCUT2D eigenvalue weighted by Crippen LogP contribution is -2.45. The van der Waals surface area contributed by atoms with Crippen LogP contribution in [0.4, 0.5) is 5.82 Å². The maximum absolute atomic E-state index is 12.1. The lowest BCUT2D eigenvalue weighted by atomic mass is 9.95. The second kappa shape index (κ2) is 6.63. The zero-order valence-electron chi connectivity index (χ0n) is 13.7. The standard InChI is InChI=1S/C18H22N4O2/c23-18(16-6-3-11-24-16)21-13-7-9-22(10-8-13)17-14-4-1-2-5-15(14)19-12-20-17/h3,6,11-13H,1-2,4-5,7-10H2,(H,21,23). The fraction of sp³-hybridized carbons (Fsp3) is 0.500. The van der Waals surface area contributed by atoms with Gasteiger partial charge in [-0.3, -0.25) is 4.79 Å². The molecule has 0 atom stereocenters. The van der Waals surface area contributed by atoms with Crippen LogP contribution in [0.2, 0.25) is 0 Å². The lowest BCUT2D eigenvalue weighted by molar-refractivity contribution is 0.0903. The summed E-state index contributed by atoms with van der Waals surface area (Å²) in [4.78, 5) is 23.4. The van der Waals surface area contributed by atoms with Crippen LogP contribution in [0.15, 0.2) is 29.1 Å². The van der Waals surface area contributed by atoms with Crippen LogP contribution in [0.1, 0.15) is 47.5 Å². The number of carbonyl (C=O) groups excluding carboxylic acids is 1. The highest BCUT2D eigenvalue weighted by molar-refractivity contribution is 5.91. The number of furan rings is 1. The number of carbonyl (C=O) groups is 1. The first-order chi connectivity index (χ1) is 11.8. The van der Waals surface area contributed by atoms with Gasteiger partial charge in [0.1, 0.15) is 12.1 Å². The van der Waals surface area contributed by atoms with E-state index in [0.29, 0.717) is 5.76 Å². The first-order valence-corrected chi connectivity index (χ1v) is 8.73. The summed E-state index contributed by atoms with van der Waals surface area (Å²) in [5, 5.41) is 3.06. The number of fused-ring (bicyclic) bond motifs is 1. The molecule has 0 aromatic carbocycles. The summed E-state index contributed by atoms with van der Waals surface area (Å²) in [6.07, 6.45) is 9.67. The molecule has 1 aliphatic heterocycles. The molecule has 0 radical (unpaired) electrons. The summed E-state index contributed by atoms with van der Waals surface area (Å²) in [7, 11) is 0. The van der Waals surface area contributed by atoms with Gasteiger partial charge in [0.25, 0.3) is 5.91 Å². The van der Waals surface area contributed by atoms with Gasteiger partial charge in [-0.15, -0.1) is 0 Å². The van der Waals surface area contributed by atoms with Crippen LogP contribution in [0.25, 0.3) is 0 Å². The molecule has 0 saturated carbocycles. The van der Waals surface area contributed by atoms with Gasteiger partial charge >= 0.3 is 0 Å². The van der Waals surface area contributed by atoms with Crippen LogP contribution in [0.3, 0.4) is 0 Å². The van der Waals surface area contributed by atoms with Crippen LogP contribution < -0.4 is 10.2 Å². The number of hydrogen-bond donors (Lipinski definition) is 1. The molecule has 24 heavy (non-hydrogen) atoms. The molecule has 1 saturated heterocycles. The Hall–Kier alpha value is -2.37. The molecule has 2 aliphatic rings. The SMILES string of the molecule is O=C(NC1CCN(c2ncnc3c2CCCC3)CC1)c1ccco1. The quantitative estimate of drug-likeness (QED) is 0.937. The predicted octanol–water partition coefficient (Wildman–Crippen LogP) is 2.35. The zero-order valence-corrected chi connectivity index (χ0v) is 13.7. The van der Waals surface area contributed by atoms with Gasteiger partial charge in [0.2, 0.25) is 0 Å². The van der Waals surface area contributed by atoms with Gasteiger partial charge < -0.3 is 14.6 Å². The van der Waals surface area contributed by atoms with Crippen LogP contribution in [0.5, 0.6) is 0 Å². The van der Waals surface area contributed by atoms with Crippen molar-refractivity contribution >= 4 is 11.7 Å². The van der Waals surface area contributed by atoms with E-state index < -0.39 is 0 Å². The van der Waals surface area contributed by atoms with Crippen molar-refractivity contribution in [1.82, 2.24) is 15.3 Å². The lowest BCUT2D eigenvalue weighted by Gasteiger charge is -2.34. The van der Waals surface area contributed by atoms with E-state index in [2.05, 4.69) is 20.2 Å². The van der Waals surface area contributed by atoms with Crippen molar-refractivity contribution in [3.8, 4) is 0 Å². The largest absolute Gasteiger partial charge is 0.459 e. The number of nitrogens with zero attached hydrogens (tertiary/aromatic N) is 3. The maximum Gasteiger partial charge on any atom is 0.287 e. The van der Waals surface area contributed by atoms with E-state index in [-0.39, 0.29) is 11.9 Å². The summed E-state index contributed by atoms with van der Waals surface area (Å²) in [5.41, 5.74) is 2.56.